The van der Waals surface area contributed by atoms with Gasteiger partial charge < -0.3 is 10.2 Å². The fourth-order valence-electron chi connectivity index (χ4n) is 0. The van der Waals surface area contributed by atoms with Gasteiger partial charge in [-0.25, -0.2) is 0 Å². The number of hydrogen-bond donors (Lipinski definition) is 2. The lowest BCUT2D eigenvalue weighted by atomic mass is 10.9. The zero-order chi connectivity index (χ0) is 8.12. The summed E-state index contributed by atoms with van der Waals surface area (Å²) in [6, 6.07) is 0. The van der Waals surface area contributed by atoms with Crippen LogP contribution < -0.4 is 0 Å². The van der Waals surface area contributed by atoms with Crippen LogP contribution in [0.15, 0.2) is 0 Å². The zero-order valence-electron chi connectivity index (χ0n) is 5.05. The van der Waals surface area contributed by atoms with E-state index >= 15 is 0 Å². The Morgan fingerprint density at radius 1 is 1.56 bits per heavy atom. The van der Waals surface area contributed by atoms with Gasteiger partial charge in [0.05, 0.1) is 5.34 Å². The van der Waals surface area contributed by atoms with Crippen molar-refractivity contribution in [2.45, 2.75) is 6.92 Å². The van der Waals surface area contributed by atoms with Crippen molar-refractivity contribution in [3.8, 4) is 0 Å². The quantitative estimate of drug-likeness (QED) is 0.430. The summed E-state index contributed by atoms with van der Waals surface area (Å²) in [6.45, 7) is 1.68. The largest absolute Gasteiger partial charge is 0.483 e. The first-order valence-corrected chi connectivity index (χ1v) is 3.12. The van der Waals surface area contributed by atoms with Crippen LogP contribution in [0.4, 0.5) is 0 Å². The molecule has 9 heavy (non-hydrogen) atoms. The molecule has 0 unspecified atom stereocenters. The molecule has 0 aliphatic heterocycles. The van der Waals surface area contributed by atoms with Gasteiger partial charge in [0.25, 0.3) is 6.47 Å². The number of alkyl halides is 2. The van der Waals surface area contributed by atoms with Crippen molar-refractivity contribution in [3.63, 3.8) is 0 Å². The molecule has 58 valence electrons. The Morgan fingerprint density at radius 2 is 1.56 bits per heavy atom. The summed E-state index contributed by atoms with van der Waals surface area (Å²) in [6.07, 6.45) is 0. The van der Waals surface area contributed by atoms with Crippen molar-refractivity contribution >= 4 is 29.7 Å². The molecule has 0 aliphatic carbocycles. The van der Waals surface area contributed by atoms with E-state index in [2.05, 4.69) is 0 Å². The predicted octanol–water partition coefficient (Wildman–Crippen LogP) is 1.12. The van der Waals surface area contributed by atoms with E-state index in [4.69, 9.17) is 38.2 Å². The molecule has 0 aromatic carbocycles. The van der Waals surface area contributed by atoms with Crippen molar-refractivity contribution in [3.05, 3.63) is 0 Å². The molecule has 0 amide bonds. The molecule has 0 saturated carbocycles. The van der Waals surface area contributed by atoms with Crippen LogP contribution in [0.25, 0.3) is 0 Å². The molecule has 3 nitrogen and oxygen atoms in total. The van der Waals surface area contributed by atoms with E-state index in [-0.39, 0.29) is 18.4 Å². The highest BCUT2D eigenvalue weighted by molar-refractivity contribution is 6.40. The lowest BCUT2D eigenvalue weighted by Crippen LogP contribution is -1.57. The maximum absolute atomic E-state index is 8.36. The van der Waals surface area contributed by atoms with Crippen LogP contribution in [0, 0.1) is 0 Å². The SMILES string of the molecule is CCO.ClCCl.O=CO. The molecule has 5 heteroatoms. The van der Waals surface area contributed by atoms with Crippen molar-refractivity contribution in [1.29, 1.82) is 0 Å². The van der Waals surface area contributed by atoms with Crippen LogP contribution in [-0.4, -0.2) is 28.6 Å². The zero-order valence-corrected chi connectivity index (χ0v) is 6.56. The number of carbonyl (C=O) groups is 1. The molecular formula is C4H10Cl2O3. The predicted molar refractivity (Wildman–Crippen MR) is 38.0 cm³/mol. The van der Waals surface area contributed by atoms with Crippen LogP contribution in [0.3, 0.4) is 0 Å². The number of carboxylic acid groups (broad SMARTS) is 1. The minimum Gasteiger partial charge on any atom is -0.483 e. The van der Waals surface area contributed by atoms with Crippen molar-refractivity contribution in [2.24, 2.45) is 0 Å². The van der Waals surface area contributed by atoms with Gasteiger partial charge in [0.15, 0.2) is 0 Å². The maximum Gasteiger partial charge on any atom is 0.290 e. The number of rotatable bonds is 0. The summed E-state index contributed by atoms with van der Waals surface area (Å²) >= 11 is 9.53. The minimum absolute atomic E-state index is 0.194. The van der Waals surface area contributed by atoms with Gasteiger partial charge in [0.1, 0.15) is 0 Å². The van der Waals surface area contributed by atoms with Gasteiger partial charge >= 0.3 is 0 Å². The maximum atomic E-state index is 8.36. The van der Waals surface area contributed by atoms with Crippen LogP contribution in [0.1, 0.15) is 6.92 Å². The average molecular weight is 177 g/mol. The molecule has 0 aromatic heterocycles. The van der Waals surface area contributed by atoms with Crippen molar-refractivity contribution < 1.29 is 15.0 Å². The number of aliphatic hydroxyl groups is 1. The Hall–Kier alpha value is 0.01000. The third-order valence-electron chi connectivity index (χ3n) is 0. The lowest BCUT2D eigenvalue weighted by molar-refractivity contribution is -0.122. The molecule has 0 aromatic rings. The van der Waals surface area contributed by atoms with E-state index in [9.17, 15) is 0 Å². The summed E-state index contributed by atoms with van der Waals surface area (Å²) in [5, 5.41) is 14.7. The molecule has 2 N–H and O–H groups in total. The molecule has 0 bridgehead atoms. The topological polar surface area (TPSA) is 57.5 Å². The second kappa shape index (κ2) is 43.4. The van der Waals surface area contributed by atoms with E-state index < -0.39 is 0 Å². The Morgan fingerprint density at radius 3 is 1.56 bits per heavy atom. The third-order valence-corrected chi connectivity index (χ3v) is 0. The first-order valence-electron chi connectivity index (χ1n) is 2.05. The number of hydrogen-bond acceptors (Lipinski definition) is 2. The van der Waals surface area contributed by atoms with Crippen LogP contribution in [-0.2, 0) is 4.79 Å². The number of halogens is 2. The molecule has 0 aliphatic rings. The van der Waals surface area contributed by atoms with E-state index in [1.165, 1.54) is 0 Å². The van der Waals surface area contributed by atoms with Gasteiger partial charge in [0.2, 0.25) is 0 Å². The average Bonchev–Trinajstić information content (AvgIpc) is 1.70. The van der Waals surface area contributed by atoms with Crippen molar-refractivity contribution in [1.82, 2.24) is 0 Å². The molecule has 0 spiro atoms. The van der Waals surface area contributed by atoms with Gasteiger partial charge in [-0.05, 0) is 6.92 Å². The van der Waals surface area contributed by atoms with Crippen molar-refractivity contribution in [2.75, 3.05) is 11.9 Å². The Kier molecular flexibility index (Phi) is 77.3. The van der Waals surface area contributed by atoms with Gasteiger partial charge in [-0.15, -0.1) is 23.2 Å². The fourth-order valence-corrected chi connectivity index (χ4v) is 0. The van der Waals surface area contributed by atoms with E-state index in [0.717, 1.165) is 0 Å². The summed E-state index contributed by atoms with van der Waals surface area (Å²) < 4.78 is 0. The molecule has 0 saturated heterocycles. The monoisotopic (exact) mass is 176 g/mol. The third kappa shape index (κ3) is 2890000. The lowest BCUT2D eigenvalue weighted by Gasteiger charge is -1.52. The van der Waals surface area contributed by atoms with Gasteiger partial charge in [-0.3, -0.25) is 4.79 Å². The molecule has 0 radical (unpaired) electrons. The van der Waals surface area contributed by atoms with Gasteiger partial charge in [-0.2, -0.15) is 0 Å². The summed E-state index contributed by atoms with van der Waals surface area (Å²) in [7, 11) is 0. The molecule has 0 rings (SSSR count). The van der Waals surface area contributed by atoms with Gasteiger partial charge in [-0.1, -0.05) is 0 Å². The summed E-state index contributed by atoms with van der Waals surface area (Å²) in [5.41, 5.74) is 0. The Labute approximate surface area is 64.2 Å². The summed E-state index contributed by atoms with van der Waals surface area (Å²) in [4.78, 5) is 8.36. The highest BCUT2D eigenvalue weighted by Gasteiger charge is 1.41. The standard InChI is InChI=1S/C2H6O.CH2Cl2.CH2O2/c1-2-3;2*2-1-3/h3H,2H2,1H3;1H2;1H,(H,2,3). The second-order valence-corrected chi connectivity index (χ2v) is 1.33. The summed E-state index contributed by atoms with van der Waals surface area (Å²) in [5.74, 6) is 0. The highest BCUT2D eigenvalue weighted by atomic mass is 35.5. The van der Waals surface area contributed by atoms with E-state index in [1.807, 2.05) is 0 Å². The molecular weight excluding hydrogens is 167 g/mol. The van der Waals surface area contributed by atoms with Crippen LogP contribution in [0.5, 0.6) is 0 Å². The highest BCUT2D eigenvalue weighted by Crippen LogP contribution is 1.73. The van der Waals surface area contributed by atoms with E-state index in [1.54, 1.807) is 6.92 Å². The first-order chi connectivity index (χ1) is 4.24. The van der Waals surface area contributed by atoms with Crippen LogP contribution >= 0.6 is 23.2 Å². The smallest absolute Gasteiger partial charge is 0.290 e. The van der Waals surface area contributed by atoms with E-state index in [0.29, 0.717) is 0 Å². The Bertz CT molecular complexity index is 33.0. The minimum atomic E-state index is -0.250. The van der Waals surface area contributed by atoms with Crippen LogP contribution in [0.2, 0.25) is 0 Å². The Balaban J connectivity index is -0.0000000600. The fraction of sp³-hybridized carbons (Fsp3) is 0.750. The normalized spacial score (nSPS) is 5.33. The first kappa shape index (κ1) is 16.0. The molecule has 0 atom stereocenters. The molecule has 0 fully saturated rings. The van der Waals surface area contributed by atoms with Gasteiger partial charge in [0, 0.05) is 6.61 Å². The molecule has 0 heterocycles. The second-order valence-electron chi connectivity index (χ2n) is 0.523. The number of aliphatic hydroxyl groups excluding tert-OH is 1.